The molecule has 0 unspecified atom stereocenters. The standard InChI is InChI=1S/C12H7BrFIN2O2/c13-10-5-9(19-11(10)15)6-16-17-12(18)7-2-1-3-8(14)4-7/h1-6H,(H,17,18)/b16-6-. The molecule has 0 aliphatic carbocycles. The SMILES string of the molecule is O=C(N/N=C\c1cc(Br)c(I)o1)c1cccc(F)c1. The van der Waals surface area contributed by atoms with Crippen molar-refractivity contribution in [3.63, 3.8) is 0 Å². The summed E-state index contributed by atoms with van der Waals surface area (Å²) in [5, 5.41) is 3.74. The van der Waals surface area contributed by atoms with Crippen molar-refractivity contribution in [3.05, 3.63) is 55.7 Å². The predicted octanol–water partition coefficient (Wildman–Crippen LogP) is 3.55. The Balaban J connectivity index is 2.00. The molecule has 0 saturated carbocycles. The van der Waals surface area contributed by atoms with Crippen LogP contribution in [-0.2, 0) is 0 Å². The van der Waals surface area contributed by atoms with Crippen molar-refractivity contribution in [3.8, 4) is 0 Å². The predicted molar refractivity (Wildman–Crippen MR) is 80.6 cm³/mol. The Morgan fingerprint density at radius 1 is 1.47 bits per heavy atom. The van der Waals surface area contributed by atoms with Gasteiger partial charge in [0.15, 0.2) is 3.77 Å². The van der Waals surface area contributed by atoms with Crippen LogP contribution in [0.2, 0.25) is 0 Å². The van der Waals surface area contributed by atoms with E-state index in [1.807, 2.05) is 22.6 Å². The normalized spacial score (nSPS) is 10.9. The second kappa shape index (κ2) is 6.29. The van der Waals surface area contributed by atoms with Gasteiger partial charge in [-0.2, -0.15) is 5.10 Å². The van der Waals surface area contributed by atoms with E-state index in [2.05, 4.69) is 26.5 Å². The second-order valence-electron chi connectivity index (χ2n) is 3.48. The molecule has 0 radical (unpaired) electrons. The van der Waals surface area contributed by atoms with Crippen LogP contribution in [0.25, 0.3) is 0 Å². The molecule has 2 aromatic rings. The van der Waals surface area contributed by atoms with E-state index in [-0.39, 0.29) is 5.56 Å². The minimum absolute atomic E-state index is 0.201. The molecule has 0 atom stereocenters. The van der Waals surface area contributed by atoms with Gasteiger partial charge in [-0.25, -0.2) is 9.82 Å². The first-order chi connectivity index (χ1) is 9.06. The topological polar surface area (TPSA) is 54.6 Å². The van der Waals surface area contributed by atoms with Crippen molar-refractivity contribution >= 4 is 50.6 Å². The van der Waals surface area contributed by atoms with Gasteiger partial charge in [0.2, 0.25) is 0 Å². The molecule has 98 valence electrons. The van der Waals surface area contributed by atoms with Crippen molar-refractivity contribution in [2.45, 2.75) is 0 Å². The van der Waals surface area contributed by atoms with E-state index in [0.717, 1.165) is 10.5 Å². The summed E-state index contributed by atoms with van der Waals surface area (Å²) in [6.07, 6.45) is 1.37. The van der Waals surface area contributed by atoms with Gasteiger partial charge in [-0.1, -0.05) is 6.07 Å². The maximum absolute atomic E-state index is 12.9. The first-order valence-electron chi connectivity index (χ1n) is 5.10. The zero-order valence-electron chi connectivity index (χ0n) is 9.36. The van der Waals surface area contributed by atoms with Crippen LogP contribution in [0, 0.1) is 9.58 Å². The fourth-order valence-corrected chi connectivity index (χ4v) is 1.99. The fourth-order valence-electron chi connectivity index (χ4n) is 1.28. The number of rotatable bonds is 3. The van der Waals surface area contributed by atoms with Crippen molar-refractivity contribution in [2.75, 3.05) is 0 Å². The number of nitrogens with one attached hydrogen (secondary N) is 1. The Labute approximate surface area is 130 Å². The summed E-state index contributed by atoms with van der Waals surface area (Å²) in [6, 6.07) is 7.08. The Kier molecular flexibility index (Phi) is 4.70. The summed E-state index contributed by atoms with van der Waals surface area (Å²) in [7, 11) is 0. The number of amides is 1. The van der Waals surface area contributed by atoms with E-state index in [0.29, 0.717) is 9.53 Å². The number of nitrogens with zero attached hydrogens (tertiary/aromatic N) is 1. The van der Waals surface area contributed by atoms with Crippen LogP contribution in [0.1, 0.15) is 16.1 Å². The number of halogens is 3. The molecule has 0 aliphatic rings. The molecule has 0 fully saturated rings. The third kappa shape index (κ3) is 3.87. The molecule has 0 aliphatic heterocycles. The highest BCUT2D eigenvalue weighted by Crippen LogP contribution is 2.21. The molecule has 7 heteroatoms. The van der Waals surface area contributed by atoms with Gasteiger partial charge in [0.25, 0.3) is 5.91 Å². The fraction of sp³-hybridized carbons (Fsp3) is 0. The van der Waals surface area contributed by atoms with Crippen LogP contribution in [0.4, 0.5) is 4.39 Å². The number of hydrogen-bond acceptors (Lipinski definition) is 3. The van der Waals surface area contributed by atoms with E-state index in [1.165, 1.54) is 24.4 Å². The van der Waals surface area contributed by atoms with E-state index >= 15 is 0 Å². The molecule has 2 rings (SSSR count). The van der Waals surface area contributed by atoms with Crippen molar-refractivity contribution in [1.82, 2.24) is 5.43 Å². The van der Waals surface area contributed by atoms with Crippen LogP contribution < -0.4 is 5.43 Å². The number of hydrazone groups is 1. The number of furan rings is 1. The zero-order chi connectivity index (χ0) is 13.8. The lowest BCUT2D eigenvalue weighted by molar-refractivity contribution is 0.0954. The maximum Gasteiger partial charge on any atom is 0.271 e. The highest BCUT2D eigenvalue weighted by Gasteiger charge is 2.06. The van der Waals surface area contributed by atoms with Gasteiger partial charge in [-0.05, 0) is 34.1 Å². The number of carbonyl (C=O) groups excluding carboxylic acids is 1. The summed E-state index contributed by atoms with van der Waals surface area (Å²) < 4.78 is 19.7. The molecule has 0 saturated heterocycles. The largest absolute Gasteiger partial charge is 0.448 e. The summed E-state index contributed by atoms with van der Waals surface area (Å²) in [5.74, 6) is -0.465. The molecule has 1 aromatic heterocycles. The average molecular weight is 437 g/mol. The van der Waals surface area contributed by atoms with Crippen LogP contribution in [0.3, 0.4) is 0 Å². The lowest BCUT2D eigenvalue weighted by Crippen LogP contribution is -2.17. The molecule has 1 heterocycles. The number of benzene rings is 1. The van der Waals surface area contributed by atoms with Gasteiger partial charge in [-0.15, -0.1) is 0 Å². The van der Waals surface area contributed by atoms with E-state index in [1.54, 1.807) is 6.07 Å². The molecular formula is C12H7BrFIN2O2. The van der Waals surface area contributed by atoms with E-state index in [4.69, 9.17) is 4.42 Å². The molecule has 19 heavy (non-hydrogen) atoms. The number of carbonyl (C=O) groups is 1. The number of hydrogen-bond donors (Lipinski definition) is 1. The molecule has 4 nitrogen and oxygen atoms in total. The summed E-state index contributed by atoms with van der Waals surface area (Å²) >= 11 is 5.31. The van der Waals surface area contributed by atoms with Crippen molar-refractivity contribution < 1.29 is 13.6 Å². The third-order valence-corrected chi connectivity index (χ3v) is 4.24. The zero-order valence-corrected chi connectivity index (χ0v) is 13.1. The monoisotopic (exact) mass is 436 g/mol. The van der Waals surface area contributed by atoms with Gasteiger partial charge < -0.3 is 4.42 Å². The molecule has 1 N–H and O–H groups in total. The quantitative estimate of drug-likeness (QED) is 0.454. The minimum Gasteiger partial charge on any atom is -0.448 e. The summed E-state index contributed by atoms with van der Waals surface area (Å²) in [4.78, 5) is 11.6. The van der Waals surface area contributed by atoms with Crippen molar-refractivity contribution in [1.29, 1.82) is 0 Å². The van der Waals surface area contributed by atoms with Gasteiger partial charge in [-0.3, -0.25) is 4.79 Å². The Morgan fingerprint density at radius 3 is 2.89 bits per heavy atom. The first kappa shape index (κ1) is 14.2. The Morgan fingerprint density at radius 2 is 2.26 bits per heavy atom. The Bertz CT molecular complexity index is 623. The van der Waals surface area contributed by atoms with Crippen LogP contribution >= 0.6 is 38.5 Å². The minimum atomic E-state index is -0.490. The molecular weight excluding hydrogens is 430 g/mol. The van der Waals surface area contributed by atoms with Gasteiger partial charge in [0.05, 0.1) is 10.7 Å². The van der Waals surface area contributed by atoms with E-state index < -0.39 is 11.7 Å². The highest BCUT2D eigenvalue weighted by atomic mass is 127. The van der Waals surface area contributed by atoms with Gasteiger partial charge in [0.1, 0.15) is 11.6 Å². The van der Waals surface area contributed by atoms with Gasteiger partial charge >= 0.3 is 0 Å². The molecule has 1 aromatic carbocycles. The molecule has 1 amide bonds. The smallest absolute Gasteiger partial charge is 0.271 e. The summed E-state index contributed by atoms with van der Waals surface area (Å²) in [6.45, 7) is 0. The highest BCUT2D eigenvalue weighted by molar-refractivity contribution is 14.1. The van der Waals surface area contributed by atoms with Crippen molar-refractivity contribution in [2.24, 2.45) is 5.10 Å². The third-order valence-electron chi connectivity index (χ3n) is 2.11. The lowest BCUT2D eigenvalue weighted by atomic mass is 10.2. The molecule has 0 bridgehead atoms. The molecule has 0 spiro atoms. The van der Waals surface area contributed by atoms with Crippen LogP contribution in [0.15, 0.2) is 44.3 Å². The maximum atomic E-state index is 12.9. The summed E-state index contributed by atoms with van der Waals surface area (Å²) in [5.41, 5.74) is 2.49. The van der Waals surface area contributed by atoms with Gasteiger partial charge in [0, 0.05) is 34.2 Å². The van der Waals surface area contributed by atoms with Crippen LogP contribution in [0.5, 0.6) is 0 Å². The van der Waals surface area contributed by atoms with Crippen LogP contribution in [-0.4, -0.2) is 12.1 Å². The van der Waals surface area contributed by atoms with E-state index in [9.17, 15) is 9.18 Å². The Hall–Kier alpha value is -1.22. The lowest BCUT2D eigenvalue weighted by Gasteiger charge is -1.98. The second-order valence-corrected chi connectivity index (χ2v) is 5.31. The first-order valence-corrected chi connectivity index (χ1v) is 6.97. The average Bonchev–Trinajstić information content (AvgIpc) is 2.68.